The van der Waals surface area contributed by atoms with E-state index in [0.717, 1.165) is 28.2 Å². The average molecular weight is 205 g/mol. The highest BCUT2D eigenvalue weighted by Crippen LogP contribution is 2.34. The summed E-state index contributed by atoms with van der Waals surface area (Å²) in [4.78, 5) is 6.24. The largest absolute Gasteiger partial charge is 0.505 e. The average Bonchev–Trinajstić information content (AvgIpc) is 2.71. The van der Waals surface area contributed by atoms with Crippen LogP contribution in [-0.4, -0.2) is 15.1 Å². The highest BCUT2D eigenvalue weighted by Gasteiger charge is 2.16. The first kappa shape index (κ1) is 9.86. The molecule has 0 atom stereocenters. The monoisotopic (exact) mass is 205 g/mol. The van der Waals surface area contributed by atoms with E-state index < -0.39 is 0 Å². The number of aryl methyl sites for hydroxylation is 2. The summed E-state index contributed by atoms with van der Waals surface area (Å²) < 4.78 is 0. The minimum Gasteiger partial charge on any atom is -0.505 e. The molecule has 2 aromatic heterocycles. The Kier molecular flexibility index (Phi) is 2.28. The van der Waals surface area contributed by atoms with Crippen molar-refractivity contribution >= 4 is 0 Å². The van der Waals surface area contributed by atoms with Gasteiger partial charge in [0.25, 0.3) is 0 Å². The fourth-order valence-electron chi connectivity index (χ4n) is 1.80. The van der Waals surface area contributed by atoms with Crippen LogP contribution in [0.4, 0.5) is 0 Å². The van der Waals surface area contributed by atoms with Crippen LogP contribution >= 0.6 is 0 Å². The first-order valence-electron chi connectivity index (χ1n) is 4.90. The number of hydrogen-bond acceptors (Lipinski definition) is 2. The topological polar surface area (TPSA) is 77.8 Å². The van der Waals surface area contributed by atoms with Crippen molar-refractivity contribution < 1.29 is 5.11 Å². The fourth-order valence-corrected chi connectivity index (χ4v) is 1.80. The van der Waals surface area contributed by atoms with Crippen LogP contribution in [0.25, 0.3) is 11.4 Å². The molecule has 5 N–H and O–H groups in total. The zero-order chi connectivity index (χ0) is 11.0. The lowest BCUT2D eigenvalue weighted by Crippen LogP contribution is -1.96. The van der Waals surface area contributed by atoms with Gasteiger partial charge >= 0.3 is 0 Å². The summed E-state index contributed by atoms with van der Waals surface area (Å²) in [7, 11) is 0. The van der Waals surface area contributed by atoms with Gasteiger partial charge in [0.2, 0.25) is 0 Å². The number of hydrogen-bond donors (Lipinski definition) is 4. The number of aromatic hydroxyl groups is 1. The van der Waals surface area contributed by atoms with Gasteiger partial charge in [-0.25, -0.2) is 0 Å². The fraction of sp³-hybridized carbons (Fsp3) is 0.273. The van der Waals surface area contributed by atoms with Crippen molar-refractivity contribution in [2.24, 2.45) is 5.73 Å². The maximum atomic E-state index is 9.97. The first-order chi connectivity index (χ1) is 7.15. The van der Waals surface area contributed by atoms with Crippen LogP contribution in [-0.2, 0) is 6.54 Å². The highest BCUT2D eigenvalue weighted by atomic mass is 16.3. The third-order valence-corrected chi connectivity index (χ3v) is 2.70. The number of nitrogens with one attached hydrogen (secondary N) is 2. The maximum absolute atomic E-state index is 9.97. The Hall–Kier alpha value is -1.68. The molecule has 0 unspecified atom stereocenters. The van der Waals surface area contributed by atoms with Crippen molar-refractivity contribution in [2.75, 3.05) is 0 Å². The molecule has 0 spiro atoms. The van der Waals surface area contributed by atoms with Crippen molar-refractivity contribution in [3.05, 3.63) is 29.1 Å². The van der Waals surface area contributed by atoms with Gasteiger partial charge in [0.15, 0.2) is 0 Å². The van der Waals surface area contributed by atoms with Gasteiger partial charge in [0.05, 0.1) is 5.69 Å². The molecule has 0 aliphatic heterocycles. The van der Waals surface area contributed by atoms with E-state index in [1.54, 1.807) is 0 Å². The Balaban J connectivity index is 2.60. The predicted octanol–water partition coefficient (Wildman–Crippen LogP) is 1.79. The molecule has 0 fully saturated rings. The molecule has 2 rings (SSSR count). The van der Waals surface area contributed by atoms with Crippen molar-refractivity contribution in [1.82, 2.24) is 9.97 Å². The van der Waals surface area contributed by atoms with Crippen molar-refractivity contribution in [1.29, 1.82) is 0 Å². The molecule has 0 aromatic carbocycles. The zero-order valence-corrected chi connectivity index (χ0v) is 8.89. The summed E-state index contributed by atoms with van der Waals surface area (Å²) in [5.74, 6) is 0.251. The molecule has 0 saturated heterocycles. The van der Waals surface area contributed by atoms with Crippen molar-refractivity contribution in [2.45, 2.75) is 20.4 Å². The van der Waals surface area contributed by atoms with Crippen LogP contribution in [0.15, 0.2) is 12.3 Å². The number of aromatic nitrogens is 2. The van der Waals surface area contributed by atoms with E-state index in [2.05, 4.69) is 9.97 Å². The van der Waals surface area contributed by atoms with E-state index in [-0.39, 0.29) is 5.75 Å². The highest BCUT2D eigenvalue weighted by molar-refractivity contribution is 5.69. The van der Waals surface area contributed by atoms with E-state index in [1.165, 1.54) is 0 Å². The van der Waals surface area contributed by atoms with E-state index in [0.29, 0.717) is 6.54 Å². The summed E-state index contributed by atoms with van der Waals surface area (Å²) in [6, 6.07) is 1.97. The van der Waals surface area contributed by atoms with E-state index in [9.17, 15) is 5.11 Å². The van der Waals surface area contributed by atoms with Crippen molar-refractivity contribution in [3.8, 4) is 17.1 Å². The minimum absolute atomic E-state index is 0.251. The molecule has 0 aliphatic rings. The number of H-pyrrole nitrogens is 2. The quantitative estimate of drug-likeness (QED) is 0.603. The smallest absolute Gasteiger partial charge is 0.147 e. The SMILES string of the molecule is Cc1cc[nH]c1-c1[nH]c(C)c(CN)c1O. The summed E-state index contributed by atoms with van der Waals surface area (Å²) in [5, 5.41) is 9.97. The van der Waals surface area contributed by atoms with Gasteiger partial charge in [0.1, 0.15) is 11.4 Å². The molecule has 4 nitrogen and oxygen atoms in total. The van der Waals surface area contributed by atoms with Gasteiger partial charge in [-0.05, 0) is 25.5 Å². The lowest BCUT2D eigenvalue weighted by Gasteiger charge is -1.99. The Morgan fingerprint density at radius 3 is 2.53 bits per heavy atom. The Labute approximate surface area is 88.1 Å². The van der Waals surface area contributed by atoms with Gasteiger partial charge in [-0.1, -0.05) is 0 Å². The lowest BCUT2D eigenvalue weighted by atomic mass is 10.1. The standard InChI is InChI=1S/C11H15N3O/c1-6-3-4-13-9(6)10-11(15)8(5-12)7(2)14-10/h3-4,13-15H,5,12H2,1-2H3. The van der Waals surface area contributed by atoms with Gasteiger partial charge in [0, 0.05) is 24.0 Å². The maximum Gasteiger partial charge on any atom is 0.147 e. The molecule has 0 aliphatic carbocycles. The second kappa shape index (κ2) is 3.47. The second-order valence-corrected chi connectivity index (χ2v) is 3.69. The molecule has 0 bridgehead atoms. The third kappa shape index (κ3) is 1.43. The first-order valence-corrected chi connectivity index (χ1v) is 4.90. The van der Waals surface area contributed by atoms with Crippen LogP contribution in [0.1, 0.15) is 16.8 Å². The number of aromatic amines is 2. The van der Waals surface area contributed by atoms with Gasteiger partial charge in [-0.15, -0.1) is 0 Å². The second-order valence-electron chi connectivity index (χ2n) is 3.69. The summed E-state index contributed by atoms with van der Waals surface area (Å²) in [6.07, 6.45) is 1.85. The molecular formula is C11H15N3O. The van der Waals surface area contributed by atoms with E-state index >= 15 is 0 Å². The molecule has 0 radical (unpaired) electrons. The number of rotatable bonds is 2. The Morgan fingerprint density at radius 1 is 1.33 bits per heavy atom. The predicted molar refractivity (Wildman–Crippen MR) is 59.6 cm³/mol. The number of nitrogens with two attached hydrogens (primary N) is 1. The van der Waals surface area contributed by atoms with Gasteiger partial charge in [-0.2, -0.15) is 0 Å². The molecule has 2 aromatic rings. The molecule has 0 amide bonds. The van der Waals surface area contributed by atoms with Crippen LogP contribution < -0.4 is 5.73 Å². The molecule has 15 heavy (non-hydrogen) atoms. The molecule has 2 heterocycles. The van der Waals surface area contributed by atoms with Crippen LogP contribution in [0.3, 0.4) is 0 Å². The molecule has 80 valence electrons. The van der Waals surface area contributed by atoms with Crippen LogP contribution in [0.5, 0.6) is 5.75 Å². The molecule has 0 saturated carbocycles. The van der Waals surface area contributed by atoms with Crippen molar-refractivity contribution in [3.63, 3.8) is 0 Å². The Morgan fingerprint density at radius 2 is 2.07 bits per heavy atom. The van der Waals surface area contributed by atoms with Gasteiger partial charge in [-0.3, -0.25) is 0 Å². The van der Waals surface area contributed by atoms with Crippen LogP contribution in [0.2, 0.25) is 0 Å². The summed E-state index contributed by atoms with van der Waals surface area (Å²) in [5.41, 5.74) is 9.98. The van der Waals surface area contributed by atoms with Gasteiger partial charge < -0.3 is 20.8 Å². The van der Waals surface area contributed by atoms with Crippen LogP contribution in [0, 0.1) is 13.8 Å². The summed E-state index contributed by atoms with van der Waals surface area (Å²) >= 11 is 0. The molecular weight excluding hydrogens is 190 g/mol. The van der Waals surface area contributed by atoms with E-state index in [1.807, 2.05) is 26.1 Å². The normalized spacial score (nSPS) is 10.9. The third-order valence-electron chi connectivity index (χ3n) is 2.70. The minimum atomic E-state index is 0.251. The zero-order valence-electron chi connectivity index (χ0n) is 8.89. The Bertz CT molecular complexity index is 482. The van der Waals surface area contributed by atoms with E-state index in [4.69, 9.17) is 5.73 Å². The molecule has 4 heteroatoms. The lowest BCUT2D eigenvalue weighted by molar-refractivity contribution is 0.471. The summed E-state index contributed by atoms with van der Waals surface area (Å²) in [6.45, 7) is 4.24.